The van der Waals surface area contributed by atoms with Crippen molar-refractivity contribution in [1.82, 2.24) is 0 Å². The molecule has 0 atom stereocenters. The molecule has 0 aromatic heterocycles. The van der Waals surface area contributed by atoms with Crippen LogP contribution in [0, 0.1) is 11.6 Å². The predicted octanol–water partition coefficient (Wildman–Crippen LogP) is 3.88. The van der Waals surface area contributed by atoms with Crippen molar-refractivity contribution in [3.05, 3.63) is 65.2 Å². The second kappa shape index (κ2) is 7.68. The number of amides is 1. The Hall–Kier alpha value is -2.76. The van der Waals surface area contributed by atoms with Crippen LogP contribution < -0.4 is 5.32 Å². The number of esters is 1. The van der Waals surface area contributed by atoms with E-state index in [0.29, 0.717) is 11.8 Å². The van der Waals surface area contributed by atoms with Crippen molar-refractivity contribution in [3.8, 4) is 0 Å². The molecule has 2 aromatic rings. The van der Waals surface area contributed by atoms with Crippen LogP contribution in [0.4, 0.5) is 14.5 Å². The van der Waals surface area contributed by atoms with Crippen LogP contribution in [-0.2, 0) is 9.53 Å². The van der Waals surface area contributed by atoms with E-state index in [4.69, 9.17) is 4.74 Å². The highest BCUT2D eigenvalue weighted by Crippen LogP contribution is 2.23. The maximum Gasteiger partial charge on any atom is 0.338 e. The highest BCUT2D eigenvalue weighted by molar-refractivity contribution is 5.96. The topological polar surface area (TPSA) is 55.4 Å². The van der Waals surface area contributed by atoms with Crippen LogP contribution >= 0.6 is 0 Å². The third kappa shape index (κ3) is 4.62. The van der Waals surface area contributed by atoms with Crippen molar-refractivity contribution in [2.45, 2.75) is 19.8 Å². The van der Waals surface area contributed by atoms with E-state index in [2.05, 4.69) is 5.32 Å². The van der Waals surface area contributed by atoms with Gasteiger partial charge in [-0.1, -0.05) is 32.0 Å². The molecular weight excluding hydrogens is 316 g/mol. The van der Waals surface area contributed by atoms with Crippen LogP contribution in [0.2, 0.25) is 0 Å². The molecule has 0 fully saturated rings. The second-order valence-corrected chi connectivity index (χ2v) is 5.52. The van der Waals surface area contributed by atoms with E-state index in [0.717, 1.165) is 17.7 Å². The minimum Gasteiger partial charge on any atom is -0.452 e. The van der Waals surface area contributed by atoms with Crippen molar-refractivity contribution >= 4 is 17.6 Å². The fourth-order valence-electron chi connectivity index (χ4n) is 2.19. The zero-order valence-corrected chi connectivity index (χ0v) is 13.3. The number of rotatable bonds is 5. The summed E-state index contributed by atoms with van der Waals surface area (Å²) in [7, 11) is 0. The van der Waals surface area contributed by atoms with Crippen LogP contribution in [0.5, 0.6) is 0 Å². The molecule has 0 radical (unpaired) electrons. The Morgan fingerprint density at radius 3 is 2.33 bits per heavy atom. The lowest BCUT2D eigenvalue weighted by Gasteiger charge is -2.13. The zero-order chi connectivity index (χ0) is 17.7. The van der Waals surface area contributed by atoms with E-state index in [-0.39, 0.29) is 11.5 Å². The van der Waals surface area contributed by atoms with Gasteiger partial charge in [-0.25, -0.2) is 13.6 Å². The van der Waals surface area contributed by atoms with Crippen LogP contribution in [0.3, 0.4) is 0 Å². The molecule has 0 aliphatic rings. The van der Waals surface area contributed by atoms with Crippen LogP contribution in [0.25, 0.3) is 0 Å². The lowest BCUT2D eigenvalue weighted by atomic mass is 10.0. The number of carbonyl (C=O) groups excluding carboxylic acids is 2. The monoisotopic (exact) mass is 333 g/mol. The normalized spacial score (nSPS) is 10.5. The van der Waals surface area contributed by atoms with Crippen molar-refractivity contribution in [3.63, 3.8) is 0 Å². The van der Waals surface area contributed by atoms with Gasteiger partial charge < -0.3 is 10.1 Å². The van der Waals surface area contributed by atoms with Gasteiger partial charge in [0.05, 0.1) is 5.56 Å². The third-order valence-corrected chi connectivity index (χ3v) is 3.29. The standard InChI is InChI=1S/C18H17F2NO3/c1-11(2)15-5-3-4-6-16(15)21-17(22)10-24-18(23)12-7-13(19)9-14(20)8-12/h3-9,11H,10H2,1-2H3,(H,21,22). The van der Waals surface area contributed by atoms with E-state index in [1.165, 1.54) is 0 Å². The molecule has 0 bridgehead atoms. The molecule has 0 unspecified atom stereocenters. The molecule has 2 rings (SSSR count). The molecule has 1 N–H and O–H groups in total. The summed E-state index contributed by atoms with van der Waals surface area (Å²) in [6.45, 7) is 3.43. The Morgan fingerprint density at radius 2 is 1.71 bits per heavy atom. The molecule has 2 aromatic carbocycles. The highest BCUT2D eigenvalue weighted by Gasteiger charge is 2.14. The summed E-state index contributed by atoms with van der Waals surface area (Å²) in [5.74, 6) is -3.08. The summed E-state index contributed by atoms with van der Waals surface area (Å²) in [6, 6.07) is 9.62. The van der Waals surface area contributed by atoms with Gasteiger partial charge in [-0.2, -0.15) is 0 Å². The van der Waals surface area contributed by atoms with Crippen LogP contribution in [-0.4, -0.2) is 18.5 Å². The number of hydrogen-bond acceptors (Lipinski definition) is 3. The number of ether oxygens (including phenoxy) is 1. The molecule has 1 amide bonds. The van der Waals surface area contributed by atoms with E-state index < -0.39 is 30.1 Å². The average Bonchev–Trinajstić information content (AvgIpc) is 2.52. The van der Waals surface area contributed by atoms with Crippen molar-refractivity contribution in [2.75, 3.05) is 11.9 Å². The quantitative estimate of drug-likeness (QED) is 0.845. The number of para-hydroxylation sites is 1. The average molecular weight is 333 g/mol. The van der Waals surface area contributed by atoms with Gasteiger partial charge in [0.25, 0.3) is 5.91 Å². The van der Waals surface area contributed by atoms with Crippen molar-refractivity contribution in [1.29, 1.82) is 0 Å². The summed E-state index contributed by atoms with van der Waals surface area (Å²) in [5, 5.41) is 2.66. The number of benzene rings is 2. The lowest BCUT2D eigenvalue weighted by Crippen LogP contribution is -2.21. The molecule has 24 heavy (non-hydrogen) atoms. The van der Waals surface area contributed by atoms with Gasteiger partial charge in [0, 0.05) is 11.8 Å². The minimum atomic E-state index is -0.972. The first-order valence-corrected chi connectivity index (χ1v) is 7.39. The molecule has 4 nitrogen and oxygen atoms in total. The van der Waals surface area contributed by atoms with Crippen LogP contribution in [0.1, 0.15) is 35.7 Å². The number of nitrogens with one attached hydrogen (secondary N) is 1. The maximum absolute atomic E-state index is 13.1. The van der Waals surface area contributed by atoms with Crippen LogP contribution in [0.15, 0.2) is 42.5 Å². The summed E-state index contributed by atoms with van der Waals surface area (Å²) in [6.07, 6.45) is 0. The van der Waals surface area contributed by atoms with Gasteiger partial charge in [-0.05, 0) is 29.7 Å². The molecule has 0 heterocycles. The number of anilines is 1. The Bertz CT molecular complexity index is 739. The summed E-state index contributed by atoms with van der Waals surface area (Å²) >= 11 is 0. The fourth-order valence-corrected chi connectivity index (χ4v) is 2.19. The molecule has 0 aliphatic heterocycles. The van der Waals surface area contributed by atoms with Crippen molar-refractivity contribution in [2.24, 2.45) is 0 Å². The number of hydrogen-bond donors (Lipinski definition) is 1. The summed E-state index contributed by atoms with van der Waals surface area (Å²) < 4.78 is 30.9. The minimum absolute atomic E-state index is 0.208. The summed E-state index contributed by atoms with van der Waals surface area (Å²) in [4.78, 5) is 23.7. The molecule has 0 aliphatic carbocycles. The first-order valence-electron chi connectivity index (χ1n) is 7.39. The molecule has 0 spiro atoms. The van der Waals surface area contributed by atoms with E-state index >= 15 is 0 Å². The number of halogens is 2. The van der Waals surface area contributed by atoms with E-state index in [1.807, 2.05) is 26.0 Å². The van der Waals surface area contributed by atoms with Gasteiger partial charge in [0.15, 0.2) is 6.61 Å². The fraction of sp³-hybridized carbons (Fsp3) is 0.222. The molecule has 0 saturated heterocycles. The summed E-state index contributed by atoms with van der Waals surface area (Å²) in [5.41, 5.74) is 1.29. The largest absolute Gasteiger partial charge is 0.452 e. The second-order valence-electron chi connectivity index (χ2n) is 5.52. The van der Waals surface area contributed by atoms with E-state index in [1.54, 1.807) is 12.1 Å². The van der Waals surface area contributed by atoms with Gasteiger partial charge in [0.1, 0.15) is 11.6 Å². The smallest absolute Gasteiger partial charge is 0.338 e. The lowest BCUT2D eigenvalue weighted by molar-refractivity contribution is -0.119. The highest BCUT2D eigenvalue weighted by atomic mass is 19.1. The van der Waals surface area contributed by atoms with Gasteiger partial charge in [-0.15, -0.1) is 0 Å². The third-order valence-electron chi connectivity index (χ3n) is 3.29. The molecular formula is C18H17F2NO3. The van der Waals surface area contributed by atoms with Gasteiger partial charge >= 0.3 is 5.97 Å². The Balaban J connectivity index is 1.97. The predicted molar refractivity (Wildman–Crippen MR) is 85.8 cm³/mol. The number of carbonyl (C=O) groups is 2. The van der Waals surface area contributed by atoms with Gasteiger partial charge in [-0.3, -0.25) is 4.79 Å². The first kappa shape index (κ1) is 17.6. The van der Waals surface area contributed by atoms with E-state index in [9.17, 15) is 18.4 Å². The Kier molecular flexibility index (Phi) is 5.63. The molecule has 126 valence electrons. The zero-order valence-electron chi connectivity index (χ0n) is 13.3. The Labute approximate surface area is 138 Å². The van der Waals surface area contributed by atoms with Crippen molar-refractivity contribution < 1.29 is 23.1 Å². The first-order chi connectivity index (χ1) is 11.4. The SMILES string of the molecule is CC(C)c1ccccc1NC(=O)COC(=O)c1cc(F)cc(F)c1. The maximum atomic E-state index is 13.1. The Morgan fingerprint density at radius 1 is 1.08 bits per heavy atom. The van der Waals surface area contributed by atoms with Gasteiger partial charge in [0.2, 0.25) is 0 Å². The molecule has 6 heteroatoms. The molecule has 0 saturated carbocycles.